The van der Waals surface area contributed by atoms with Crippen molar-refractivity contribution in [3.8, 4) is 0 Å². The summed E-state index contributed by atoms with van der Waals surface area (Å²) in [6.07, 6.45) is 0.598. The van der Waals surface area contributed by atoms with Gasteiger partial charge in [-0.25, -0.2) is 0 Å². The van der Waals surface area contributed by atoms with Gasteiger partial charge in [0.2, 0.25) is 0 Å². The van der Waals surface area contributed by atoms with Crippen molar-refractivity contribution in [3.05, 3.63) is 34.9 Å². The van der Waals surface area contributed by atoms with E-state index in [4.69, 9.17) is 10.8 Å². The van der Waals surface area contributed by atoms with Gasteiger partial charge < -0.3 is 10.8 Å². The first-order valence-corrected chi connectivity index (χ1v) is 6.94. The van der Waals surface area contributed by atoms with Crippen LogP contribution in [0.3, 0.4) is 0 Å². The third-order valence-electron chi connectivity index (χ3n) is 3.47. The maximum absolute atomic E-state index is 10.6. The molecule has 1 atom stereocenters. The first-order valence-electron chi connectivity index (χ1n) is 6.94. The van der Waals surface area contributed by atoms with Crippen molar-refractivity contribution < 1.29 is 9.90 Å². The van der Waals surface area contributed by atoms with Gasteiger partial charge >= 0.3 is 5.97 Å². The second-order valence-electron chi connectivity index (χ2n) is 5.74. The Balaban J connectivity index is 3.02. The van der Waals surface area contributed by atoms with Gasteiger partial charge in [0.15, 0.2) is 0 Å². The SMILES string of the molecule is CC(C)c1ccc(C(N)CCC(=O)O)c(C(C)C)c1. The van der Waals surface area contributed by atoms with Crippen molar-refractivity contribution in [3.63, 3.8) is 0 Å². The van der Waals surface area contributed by atoms with Gasteiger partial charge in [0, 0.05) is 12.5 Å². The molecular weight excluding hydrogens is 238 g/mol. The fraction of sp³-hybridized carbons (Fsp3) is 0.562. The van der Waals surface area contributed by atoms with E-state index in [9.17, 15) is 4.79 Å². The molecule has 19 heavy (non-hydrogen) atoms. The van der Waals surface area contributed by atoms with E-state index in [0.717, 1.165) is 5.56 Å². The second-order valence-corrected chi connectivity index (χ2v) is 5.74. The lowest BCUT2D eigenvalue weighted by Gasteiger charge is -2.20. The van der Waals surface area contributed by atoms with Gasteiger partial charge in [0.25, 0.3) is 0 Å². The molecule has 3 N–H and O–H groups in total. The third-order valence-corrected chi connectivity index (χ3v) is 3.47. The molecule has 0 amide bonds. The van der Waals surface area contributed by atoms with Crippen molar-refractivity contribution >= 4 is 5.97 Å². The van der Waals surface area contributed by atoms with Crippen LogP contribution in [0.2, 0.25) is 0 Å². The summed E-state index contributed by atoms with van der Waals surface area (Å²) in [5.74, 6) is 0.0896. The number of nitrogens with two attached hydrogens (primary N) is 1. The monoisotopic (exact) mass is 263 g/mol. The predicted molar refractivity (Wildman–Crippen MR) is 78.4 cm³/mol. The minimum Gasteiger partial charge on any atom is -0.481 e. The van der Waals surface area contributed by atoms with Crippen LogP contribution in [0.25, 0.3) is 0 Å². The summed E-state index contributed by atoms with van der Waals surface area (Å²) in [7, 11) is 0. The van der Waals surface area contributed by atoms with Crippen LogP contribution in [-0.2, 0) is 4.79 Å². The molecule has 106 valence electrons. The van der Waals surface area contributed by atoms with Crippen LogP contribution in [0.5, 0.6) is 0 Å². The number of carboxylic acid groups (broad SMARTS) is 1. The van der Waals surface area contributed by atoms with E-state index in [-0.39, 0.29) is 12.5 Å². The van der Waals surface area contributed by atoms with E-state index >= 15 is 0 Å². The molecule has 0 saturated carbocycles. The molecule has 1 aromatic carbocycles. The maximum atomic E-state index is 10.6. The molecule has 0 aromatic heterocycles. The standard InChI is InChI=1S/C16H25NO2/c1-10(2)12-5-6-13(14(9-12)11(3)4)15(17)7-8-16(18)19/h5-6,9-11,15H,7-8,17H2,1-4H3,(H,18,19). The van der Waals surface area contributed by atoms with Crippen LogP contribution in [0, 0.1) is 0 Å². The van der Waals surface area contributed by atoms with Gasteiger partial charge in [0.05, 0.1) is 0 Å². The average Bonchev–Trinajstić information content (AvgIpc) is 2.34. The molecule has 0 saturated heterocycles. The number of aliphatic carboxylic acids is 1. The first-order chi connectivity index (χ1) is 8.82. The summed E-state index contributed by atoms with van der Waals surface area (Å²) in [5.41, 5.74) is 9.77. The quantitative estimate of drug-likeness (QED) is 0.820. The third kappa shape index (κ3) is 4.35. The second kappa shape index (κ2) is 6.71. The molecule has 0 aliphatic carbocycles. The van der Waals surface area contributed by atoms with Gasteiger partial charge in [-0.1, -0.05) is 45.9 Å². The van der Waals surface area contributed by atoms with E-state index in [1.807, 2.05) is 0 Å². The van der Waals surface area contributed by atoms with E-state index < -0.39 is 5.97 Å². The molecule has 1 unspecified atom stereocenters. The normalized spacial score (nSPS) is 13.0. The molecule has 0 heterocycles. The Morgan fingerprint density at radius 2 is 1.79 bits per heavy atom. The van der Waals surface area contributed by atoms with Gasteiger partial charge in [-0.2, -0.15) is 0 Å². The van der Waals surface area contributed by atoms with E-state index in [1.165, 1.54) is 11.1 Å². The molecule has 0 aliphatic heterocycles. The molecule has 0 radical (unpaired) electrons. The van der Waals surface area contributed by atoms with Gasteiger partial charge in [-0.3, -0.25) is 4.79 Å². The Morgan fingerprint density at radius 3 is 2.26 bits per heavy atom. The summed E-state index contributed by atoms with van der Waals surface area (Å²) in [5, 5.41) is 8.75. The zero-order valence-corrected chi connectivity index (χ0v) is 12.3. The van der Waals surface area contributed by atoms with Crippen LogP contribution in [0.15, 0.2) is 18.2 Å². The van der Waals surface area contributed by atoms with Crippen LogP contribution < -0.4 is 5.73 Å². The summed E-state index contributed by atoms with van der Waals surface area (Å²) >= 11 is 0. The smallest absolute Gasteiger partial charge is 0.303 e. The highest BCUT2D eigenvalue weighted by Gasteiger charge is 2.16. The highest BCUT2D eigenvalue weighted by Crippen LogP contribution is 2.29. The molecular formula is C16H25NO2. The number of hydrogen-bond acceptors (Lipinski definition) is 2. The Labute approximate surface area is 115 Å². The fourth-order valence-corrected chi connectivity index (χ4v) is 2.22. The minimum absolute atomic E-state index is 0.116. The summed E-state index contributed by atoms with van der Waals surface area (Å²) in [6, 6.07) is 6.18. The number of carbonyl (C=O) groups is 1. The van der Waals surface area contributed by atoms with Crippen LogP contribution in [0.4, 0.5) is 0 Å². The summed E-state index contributed by atoms with van der Waals surface area (Å²) in [4.78, 5) is 10.6. The maximum Gasteiger partial charge on any atom is 0.303 e. The molecule has 0 bridgehead atoms. The van der Waals surface area contributed by atoms with Gasteiger partial charge in [-0.15, -0.1) is 0 Å². The Kier molecular flexibility index (Phi) is 5.55. The zero-order chi connectivity index (χ0) is 14.6. The van der Waals surface area contributed by atoms with Gasteiger partial charge in [-0.05, 0) is 34.9 Å². The van der Waals surface area contributed by atoms with Gasteiger partial charge in [0.1, 0.15) is 0 Å². The molecule has 1 aromatic rings. The van der Waals surface area contributed by atoms with Crippen LogP contribution >= 0.6 is 0 Å². The largest absolute Gasteiger partial charge is 0.481 e. The van der Waals surface area contributed by atoms with E-state index in [0.29, 0.717) is 18.3 Å². The van der Waals surface area contributed by atoms with Crippen molar-refractivity contribution in [2.45, 2.75) is 58.4 Å². The molecule has 0 spiro atoms. The highest BCUT2D eigenvalue weighted by molar-refractivity contribution is 5.66. The minimum atomic E-state index is -0.791. The Hall–Kier alpha value is -1.35. The molecule has 0 aliphatic rings. The first kappa shape index (κ1) is 15.7. The van der Waals surface area contributed by atoms with Crippen molar-refractivity contribution in [2.75, 3.05) is 0 Å². The fourth-order valence-electron chi connectivity index (χ4n) is 2.22. The molecule has 3 nitrogen and oxygen atoms in total. The molecule has 0 fully saturated rings. The van der Waals surface area contributed by atoms with E-state index in [2.05, 4.69) is 45.9 Å². The average molecular weight is 263 g/mol. The predicted octanol–water partition coefficient (Wildman–Crippen LogP) is 3.80. The molecule has 1 rings (SSSR count). The zero-order valence-electron chi connectivity index (χ0n) is 12.3. The number of benzene rings is 1. The lowest BCUT2D eigenvalue weighted by molar-refractivity contribution is -0.137. The highest BCUT2D eigenvalue weighted by atomic mass is 16.4. The van der Waals surface area contributed by atoms with Crippen molar-refractivity contribution in [2.24, 2.45) is 5.73 Å². The van der Waals surface area contributed by atoms with E-state index in [1.54, 1.807) is 0 Å². The Morgan fingerprint density at radius 1 is 1.16 bits per heavy atom. The summed E-state index contributed by atoms with van der Waals surface area (Å²) in [6.45, 7) is 8.63. The number of carboxylic acids is 1. The summed E-state index contributed by atoms with van der Waals surface area (Å²) < 4.78 is 0. The number of rotatable bonds is 6. The van der Waals surface area contributed by atoms with Crippen molar-refractivity contribution in [1.82, 2.24) is 0 Å². The molecule has 3 heteroatoms. The topological polar surface area (TPSA) is 63.3 Å². The number of hydrogen-bond donors (Lipinski definition) is 2. The lowest BCUT2D eigenvalue weighted by Crippen LogP contribution is -2.15. The van der Waals surface area contributed by atoms with Crippen LogP contribution in [0.1, 0.15) is 75.1 Å². The van der Waals surface area contributed by atoms with Crippen LogP contribution in [-0.4, -0.2) is 11.1 Å². The lowest BCUT2D eigenvalue weighted by atomic mass is 9.87. The van der Waals surface area contributed by atoms with Crippen molar-refractivity contribution in [1.29, 1.82) is 0 Å². The Bertz CT molecular complexity index is 438.